The first-order chi connectivity index (χ1) is 15.4. The van der Waals surface area contributed by atoms with E-state index in [2.05, 4.69) is 18.2 Å². The number of nitriles is 3. The summed E-state index contributed by atoms with van der Waals surface area (Å²) < 4.78 is 18.3. The summed E-state index contributed by atoms with van der Waals surface area (Å²) in [6.45, 7) is 5.83. The molecule has 2 heterocycles. The van der Waals surface area contributed by atoms with Crippen LogP contribution in [0.4, 0.5) is 0 Å². The summed E-state index contributed by atoms with van der Waals surface area (Å²) >= 11 is 0. The van der Waals surface area contributed by atoms with Crippen LogP contribution in [0.5, 0.6) is 5.75 Å². The molecule has 7 heteroatoms. The van der Waals surface area contributed by atoms with Crippen molar-refractivity contribution in [3.05, 3.63) is 65.2 Å². The highest BCUT2D eigenvalue weighted by Gasteiger charge is 2.80. The first-order valence-electron chi connectivity index (χ1n) is 10.3. The zero-order chi connectivity index (χ0) is 23.1. The molecule has 0 aliphatic carbocycles. The van der Waals surface area contributed by atoms with E-state index in [-0.39, 0.29) is 0 Å². The summed E-state index contributed by atoms with van der Waals surface area (Å²) in [7, 11) is 0. The van der Waals surface area contributed by atoms with Gasteiger partial charge in [-0.25, -0.2) is 0 Å². The van der Waals surface area contributed by atoms with Crippen LogP contribution in [-0.2, 0) is 15.3 Å². The van der Waals surface area contributed by atoms with Crippen molar-refractivity contribution in [1.82, 2.24) is 0 Å². The highest BCUT2D eigenvalue weighted by Crippen LogP contribution is 2.69. The van der Waals surface area contributed by atoms with E-state index in [1.807, 2.05) is 38.1 Å². The number of aryl methyl sites for hydroxylation is 1. The number of ether oxygens (including phenoxy) is 3. The SMILES string of the molecule is CCOc1ccccc1C1OC2(c3ccc(C)cc3)OC(=N)C(C#N)(C2C)C1(C#N)C#N. The maximum Gasteiger partial charge on any atom is 0.244 e. The standard InChI is InChI=1S/C25H22N4O3/c1-4-30-20-8-6-5-7-19(20)21-23(13-26,14-27)24(15-28)17(3)25(31-21,32-22(24)29)18-11-9-16(2)10-12-18/h5-12,17,21,29H,4H2,1-3H3. The van der Waals surface area contributed by atoms with E-state index >= 15 is 0 Å². The average Bonchev–Trinajstić information content (AvgIpc) is 2.96. The molecule has 0 saturated carbocycles. The van der Waals surface area contributed by atoms with Gasteiger partial charge in [-0.1, -0.05) is 55.0 Å². The van der Waals surface area contributed by atoms with Gasteiger partial charge < -0.3 is 14.2 Å². The lowest BCUT2D eigenvalue weighted by Gasteiger charge is -2.49. The molecule has 0 amide bonds. The Bertz CT molecular complexity index is 1190. The highest BCUT2D eigenvalue weighted by molar-refractivity contribution is 5.89. The van der Waals surface area contributed by atoms with Gasteiger partial charge in [0.2, 0.25) is 17.1 Å². The predicted molar refractivity (Wildman–Crippen MR) is 114 cm³/mol. The maximum atomic E-state index is 10.4. The van der Waals surface area contributed by atoms with Gasteiger partial charge in [0.25, 0.3) is 0 Å². The summed E-state index contributed by atoms with van der Waals surface area (Å²) in [6, 6.07) is 20.7. The topological polar surface area (TPSA) is 123 Å². The molecule has 2 bridgehead atoms. The first kappa shape index (κ1) is 21.4. The van der Waals surface area contributed by atoms with E-state index in [9.17, 15) is 15.8 Å². The van der Waals surface area contributed by atoms with Gasteiger partial charge in [-0.05, 0) is 19.9 Å². The second-order valence-electron chi connectivity index (χ2n) is 8.11. The largest absolute Gasteiger partial charge is 0.493 e. The molecule has 4 rings (SSSR count). The Morgan fingerprint density at radius 2 is 1.69 bits per heavy atom. The molecule has 2 aromatic carbocycles. The Kier molecular flexibility index (Phi) is 4.93. The van der Waals surface area contributed by atoms with Crippen molar-refractivity contribution in [1.29, 1.82) is 21.2 Å². The second kappa shape index (κ2) is 7.38. The minimum Gasteiger partial charge on any atom is -0.493 e. The number of rotatable bonds is 4. The molecule has 1 N–H and O–H groups in total. The van der Waals surface area contributed by atoms with Crippen LogP contribution < -0.4 is 4.74 Å². The molecular weight excluding hydrogens is 404 g/mol. The van der Waals surface area contributed by atoms with Gasteiger partial charge in [-0.3, -0.25) is 5.41 Å². The molecule has 0 radical (unpaired) electrons. The number of fused-ring (bicyclic) bond motifs is 2. The third kappa shape index (κ3) is 2.45. The molecule has 0 aromatic heterocycles. The fraction of sp³-hybridized carbons (Fsp3) is 0.360. The lowest BCUT2D eigenvalue weighted by Crippen LogP contribution is -2.57. The van der Waals surface area contributed by atoms with Gasteiger partial charge in [0.05, 0.1) is 30.7 Å². The van der Waals surface area contributed by atoms with Crippen molar-refractivity contribution in [3.63, 3.8) is 0 Å². The van der Waals surface area contributed by atoms with Crippen molar-refractivity contribution in [3.8, 4) is 24.0 Å². The van der Waals surface area contributed by atoms with Crippen molar-refractivity contribution in [2.75, 3.05) is 6.61 Å². The molecule has 0 spiro atoms. The van der Waals surface area contributed by atoms with Crippen LogP contribution >= 0.6 is 0 Å². The number of hydrogen-bond donors (Lipinski definition) is 1. The number of nitrogens with zero attached hydrogens (tertiary/aromatic N) is 3. The van der Waals surface area contributed by atoms with Crippen LogP contribution in [0.2, 0.25) is 0 Å². The molecule has 4 atom stereocenters. The fourth-order valence-electron chi connectivity index (χ4n) is 4.92. The first-order valence-corrected chi connectivity index (χ1v) is 10.3. The van der Waals surface area contributed by atoms with Gasteiger partial charge in [0, 0.05) is 11.1 Å². The Balaban J connectivity index is 2.04. The van der Waals surface area contributed by atoms with Crippen molar-refractivity contribution >= 4 is 5.90 Å². The van der Waals surface area contributed by atoms with Crippen LogP contribution in [0.25, 0.3) is 0 Å². The molecule has 2 fully saturated rings. The number of benzene rings is 2. The molecule has 2 aliphatic heterocycles. The summed E-state index contributed by atoms with van der Waals surface area (Å²) in [5.74, 6) is -2.30. The second-order valence-corrected chi connectivity index (χ2v) is 8.11. The lowest BCUT2D eigenvalue weighted by molar-refractivity contribution is -0.288. The van der Waals surface area contributed by atoms with E-state index in [1.165, 1.54) is 0 Å². The average molecular weight is 426 g/mol. The molecule has 7 nitrogen and oxygen atoms in total. The van der Waals surface area contributed by atoms with E-state index in [0.717, 1.165) is 5.56 Å². The van der Waals surface area contributed by atoms with Crippen LogP contribution in [0.1, 0.15) is 36.6 Å². The zero-order valence-electron chi connectivity index (χ0n) is 18.0. The van der Waals surface area contributed by atoms with E-state index in [1.54, 1.807) is 31.2 Å². The zero-order valence-corrected chi connectivity index (χ0v) is 18.0. The third-order valence-corrected chi connectivity index (χ3v) is 6.62. The summed E-state index contributed by atoms with van der Waals surface area (Å²) in [6.07, 6.45) is -1.19. The molecule has 4 unspecified atom stereocenters. The molecule has 32 heavy (non-hydrogen) atoms. The van der Waals surface area contributed by atoms with Gasteiger partial charge in [0.1, 0.15) is 11.9 Å². The van der Waals surface area contributed by atoms with Crippen LogP contribution in [-0.4, -0.2) is 12.5 Å². The Morgan fingerprint density at radius 1 is 1.03 bits per heavy atom. The van der Waals surface area contributed by atoms with E-state index in [4.69, 9.17) is 19.6 Å². The maximum absolute atomic E-state index is 10.4. The van der Waals surface area contributed by atoms with Crippen LogP contribution in [0, 0.1) is 63.1 Å². The lowest BCUT2D eigenvalue weighted by atomic mass is 9.53. The van der Waals surface area contributed by atoms with Gasteiger partial charge in [-0.2, -0.15) is 15.8 Å². The summed E-state index contributed by atoms with van der Waals surface area (Å²) in [5.41, 5.74) is -1.78. The number of para-hydroxylation sites is 1. The van der Waals surface area contributed by atoms with Crippen molar-refractivity contribution < 1.29 is 14.2 Å². The monoisotopic (exact) mass is 426 g/mol. The van der Waals surface area contributed by atoms with Gasteiger partial charge in [-0.15, -0.1) is 0 Å². The van der Waals surface area contributed by atoms with E-state index < -0.39 is 34.5 Å². The highest BCUT2D eigenvalue weighted by atomic mass is 16.7. The van der Waals surface area contributed by atoms with Gasteiger partial charge in [0.15, 0.2) is 5.41 Å². The predicted octanol–water partition coefficient (Wildman–Crippen LogP) is 4.51. The molecule has 160 valence electrons. The molecular formula is C25H22N4O3. The third-order valence-electron chi connectivity index (χ3n) is 6.62. The minimum atomic E-state index is -2.03. The number of hydrogen-bond acceptors (Lipinski definition) is 7. The van der Waals surface area contributed by atoms with Crippen LogP contribution in [0.3, 0.4) is 0 Å². The Labute approximate surface area is 186 Å². The van der Waals surface area contributed by atoms with Crippen molar-refractivity contribution in [2.24, 2.45) is 16.7 Å². The van der Waals surface area contributed by atoms with Gasteiger partial charge >= 0.3 is 0 Å². The Hall–Kier alpha value is -3.86. The van der Waals surface area contributed by atoms with Crippen molar-refractivity contribution in [2.45, 2.75) is 32.7 Å². The molecule has 2 aromatic rings. The molecule has 2 saturated heterocycles. The fourth-order valence-corrected chi connectivity index (χ4v) is 4.92. The van der Waals surface area contributed by atoms with E-state index in [0.29, 0.717) is 23.5 Å². The van der Waals surface area contributed by atoms with Crippen LogP contribution in [0.15, 0.2) is 48.5 Å². The smallest absolute Gasteiger partial charge is 0.244 e. The summed E-state index contributed by atoms with van der Waals surface area (Å²) in [4.78, 5) is 0. The quantitative estimate of drug-likeness (QED) is 0.767. The number of nitrogens with one attached hydrogen (secondary N) is 1. The summed E-state index contributed by atoms with van der Waals surface area (Å²) in [5, 5.41) is 39.7. The Morgan fingerprint density at radius 3 is 2.28 bits per heavy atom. The molecule has 2 aliphatic rings. The minimum absolute atomic E-state index is 0.366. The normalized spacial score (nSPS) is 29.8.